The zero-order chi connectivity index (χ0) is 14.5. The average molecular weight is 271 g/mol. The number of aromatic nitrogens is 1. The van der Waals surface area contributed by atoms with Crippen LogP contribution in [0.25, 0.3) is 11.6 Å². The first kappa shape index (κ1) is 13.9. The number of hydrogen-bond donors (Lipinski definition) is 0. The first-order valence-corrected chi connectivity index (χ1v) is 6.08. The van der Waals surface area contributed by atoms with Gasteiger partial charge in [-0.1, -0.05) is 11.6 Å². The highest BCUT2D eigenvalue weighted by atomic mass is 19.1. The van der Waals surface area contributed by atoms with E-state index in [1.54, 1.807) is 36.7 Å². The molecule has 0 aliphatic rings. The molecule has 0 amide bonds. The number of esters is 1. The number of pyridine rings is 1. The minimum absolute atomic E-state index is 0.291. The lowest BCUT2D eigenvalue weighted by molar-refractivity contribution is -0.133. The van der Waals surface area contributed by atoms with Crippen molar-refractivity contribution in [1.29, 1.82) is 0 Å². The van der Waals surface area contributed by atoms with Crippen LogP contribution >= 0.6 is 0 Å². The van der Waals surface area contributed by atoms with Gasteiger partial charge in [0, 0.05) is 18.0 Å². The van der Waals surface area contributed by atoms with Crippen LogP contribution in [-0.2, 0) is 9.53 Å². The second kappa shape index (κ2) is 6.10. The van der Waals surface area contributed by atoms with Gasteiger partial charge >= 0.3 is 5.97 Å². The minimum atomic E-state index is -0.517. The van der Waals surface area contributed by atoms with Crippen LogP contribution in [0.4, 0.5) is 4.39 Å². The van der Waals surface area contributed by atoms with Crippen molar-refractivity contribution < 1.29 is 13.9 Å². The molecule has 0 radical (unpaired) electrons. The van der Waals surface area contributed by atoms with Crippen LogP contribution in [0.2, 0.25) is 0 Å². The molecule has 0 saturated heterocycles. The fourth-order valence-electron chi connectivity index (χ4n) is 1.83. The van der Waals surface area contributed by atoms with E-state index < -0.39 is 5.97 Å². The molecule has 0 bridgehead atoms. The molecule has 20 heavy (non-hydrogen) atoms. The van der Waals surface area contributed by atoms with E-state index in [0.717, 1.165) is 5.56 Å². The Morgan fingerprint density at radius 3 is 2.60 bits per heavy atom. The normalized spacial score (nSPS) is 11.2. The number of aryl methyl sites for hydroxylation is 1. The highest BCUT2D eigenvalue weighted by molar-refractivity contribution is 6.21. The lowest BCUT2D eigenvalue weighted by atomic mass is 10.0. The Kier molecular flexibility index (Phi) is 4.25. The summed E-state index contributed by atoms with van der Waals surface area (Å²) < 4.78 is 18.6. The standard InChI is InChI=1S/C16H14FNO2/c1-11-3-4-15(17)13(9-11)10-14(16(19)20-2)12-5-7-18-8-6-12/h3-10H,1-2H3. The summed E-state index contributed by atoms with van der Waals surface area (Å²) in [5.41, 5.74) is 2.19. The molecule has 1 aromatic heterocycles. The third-order valence-corrected chi connectivity index (χ3v) is 2.85. The van der Waals surface area contributed by atoms with Gasteiger partial charge < -0.3 is 4.74 Å². The van der Waals surface area contributed by atoms with Crippen LogP contribution in [0.15, 0.2) is 42.7 Å². The smallest absolute Gasteiger partial charge is 0.338 e. The minimum Gasteiger partial charge on any atom is -0.465 e. The Bertz CT molecular complexity index is 651. The van der Waals surface area contributed by atoms with Crippen LogP contribution in [-0.4, -0.2) is 18.1 Å². The Morgan fingerprint density at radius 2 is 1.95 bits per heavy atom. The molecule has 1 heterocycles. The van der Waals surface area contributed by atoms with Crippen LogP contribution < -0.4 is 0 Å². The molecule has 0 aliphatic heterocycles. The number of benzene rings is 1. The summed E-state index contributed by atoms with van der Waals surface area (Å²) >= 11 is 0. The number of carbonyl (C=O) groups is 1. The average Bonchev–Trinajstić information content (AvgIpc) is 2.48. The fraction of sp³-hybridized carbons (Fsp3) is 0.125. The molecule has 3 nitrogen and oxygen atoms in total. The van der Waals surface area contributed by atoms with Gasteiger partial charge in [-0.2, -0.15) is 0 Å². The van der Waals surface area contributed by atoms with Gasteiger partial charge in [0.05, 0.1) is 12.7 Å². The molecule has 0 aliphatic carbocycles. The molecule has 0 atom stereocenters. The molecule has 0 unspecified atom stereocenters. The molecule has 0 spiro atoms. The SMILES string of the molecule is COC(=O)C(=Cc1cc(C)ccc1F)c1ccncc1. The van der Waals surface area contributed by atoms with Gasteiger partial charge in [-0.3, -0.25) is 4.98 Å². The summed E-state index contributed by atoms with van der Waals surface area (Å²) in [6.07, 6.45) is 4.63. The van der Waals surface area contributed by atoms with E-state index in [9.17, 15) is 9.18 Å². The summed E-state index contributed by atoms with van der Waals surface area (Å²) in [5, 5.41) is 0. The second-order valence-corrected chi connectivity index (χ2v) is 4.31. The number of nitrogens with zero attached hydrogens (tertiary/aromatic N) is 1. The van der Waals surface area contributed by atoms with Crippen molar-refractivity contribution in [2.45, 2.75) is 6.92 Å². The van der Waals surface area contributed by atoms with Crippen LogP contribution in [0.1, 0.15) is 16.7 Å². The third-order valence-electron chi connectivity index (χ3n) is 2.85. The van der Waals surface area contributed by atoms with Gasteiger partial charge in [-0.15, -0.1) is 0 Å². The van der Waals surface area contributed by atoms with Crippen molar-refractivity contribution in [3.05, 3.63) is 65.2 Å². The topological polar surface area (TPSA) is 39.2 Å². The van der Waals surface area contributed by atoms with E-state index >= 15 is 0 Å². The van der Waals surface area contributed by atoms with E-state index in [1.165, 1.54) is 19.3 Å². The molecule has 1 aromatic carbocycles. The predicted octanol–water partition coefficient (Wildman–Crippen LogP) is 3.24. The van der Waals surface area contributed by atoms with Crippen LogP contribution in [0, 0.1) is 12.7 Å². The molecular weight excluding hydrogens is 257 g/mol. The molecule has 4 heteroatoms. The van der Waals surface area contributed by atoms with Crippen LogP contribution in [0.3, 0.4) is 0 Å². The van der Waals surface area contributed by atoms with E-state index in [0.29, 0.717) is 16.7 Å². The van der Waals surface area contributed by atoms with Crippen molar-refractivity contribution in [2.24, 2.45) is 0 Å². The number of halogens is 1. The Labute approximate surface area is 116 Å². The van der Waals surface area contributed by atoms with Gasteiger partial charge in [-0.05, 0) is 42.8 Å². The van der Waals surface area contributed by atoms with Gasteiger partial charge in [0.25, 0.3) is 0 Å². The first-order valence-electron chi connectivity index (χ1n) is 6.08. The molecule has 0 fully saturated rings. The summed E-state index contributed by atoms with van der Waals surface area (Å²) in [5.74, 6) is -0.900. The van der Waals surface area contributed by atoms with Gasteiger partial charge in [-0.25, -0.2) is 9.18 Å². The zero-order valence-corrected chi connectivity index (χ0v) is 11.3. The molecule has 2 aromatic rings. The largest absolute Gasteiger partial charge is 0.465 e. The lowest BCUT2D eigenvalue weighted by Crippen LogP contribution is -2.04. The zero-order valence-electron chi connectivity index (χ0n) is 11.3. The van der Waals surface area contributed by atoms with Gasteiger partial charge in [0.2, 0.25) is 0 Å². The molecular formula is C16H14FNO2. The summed E-state index contributed by atoms with van der Waals surface area (Å²) in [4.78, 5) is 15.8. The highest BCUT2D eigenvalue weighted by Crippen LogP contribution is 2.21. The first-order chi connectivity index (χ1) is 9.61. The number of ether oxygens (including phenoxy) is 1. The summed E-state index contributed by atoms with van der Waals surface area (Å²) in [6, 6.07) is 8.09. The maximum atomic E-state index is 13.8. The van der Waals surface area contributed by atoms with Crippen molar-refractivity contribution in [3.63, 3.8) is 0 Å². The quantitative estimate of drug-likeness (QED) is 0.635. The number of carbonyl (C=O) groups excluding carboxylic acids is 1. The molecule has 0 saturated carbocycles. The lowest BCUT2D eigenvalue weighted by Gasteiger charge is -2.07. The van der Waals surface area contributed by atoms with E-state index in [4.69, 9.17) is 4.74 Å². The highest BCUT2D eigenvalue weighted by Gasteiger charge is 2.13. The maximum absolute atomic E-state index is 13.8. The van der Waals surface area contributed by atoms with E-state index in [-0.39, 0.29) is 5.82 Å². The number of rotatable bonds is 3. The monoisotopic (exact) mass is 271 g/mol. The Hall–Kier alpha value is -2.49. The van der Waals surface area contributed by atoms with E-state index in [2.05, 4.69) is 4.98 Å². The van der Waals surface area contributed by atoms with Gasteiger partial charge in [0.1, 0.15) is 5.82 Å². The van der Waals surface area contributed by atoms with Gasteiger partial charge in [0.15, 0.2) is 0 Å². The Balaban J connectivity index is 2.54. The Morgan fingerprint density at radius 1 is 1.25 bits per heavy atom. The van der Waals surface area contributed by atoms with Crippen LogP contribution in [0.5, 0.6) is 0 Å². The second-order valence-electron chi connectivity index (χ2n) is 4.31. The predicted molar refractivity (Wildman–Crippen MR) is 75.3 cm³/mol. The molecule has 2 rings (SSSR count). The third kappa shape index (κ3) is 3.09. The van der Waals surface area contributed by atoms with Crippen molar-refractivity contribution in [2.75, 3.05) is 7.11 Å². The van der Waals surface area contributed by atoms with Crippen molar-refractivity contribution in [1.82, 2.24) is 4.98 Å². The fourth-order valence-corrected chi connectivity index (χ4v) is 1.83. The maximum Gasteiger partial charge on any atom is 0.338 e. The molecule has 102 valence electrons. The van der Waals surface area contributed by atoms with Crippen molar-refractivity contribution in [3.8, 4) is 0 Å². The number of methoxy groups -OCH3 is 1. The van der Waals surface area contributed by atoms with E-state index in [1.807, 2.05) is 6.92 Å². The van der Waals surface area contributed by atoms with Crippen molar-refractivity contribution >= 4 is 17.6 Å². The molecule has 0 N–H and O–H groups in total. The summed E-state index contributed by atoms with van der Waals surface area (Å²) in [7, 11) is 1.30. The number of hydrogen-bond acceptors (Lipinski definition) is 3. The summed E-state index contributed by atoms with van der Waals surface area (Å²) in [6.45, 7) is 1.86.